The van der Waals surface area contributed by atoms with Gasteiger partial charge in [0.15, 0.2) is 5.78 Å². The van der Waals surface area contributed by atoms with Crippen LogP contribution >= 0.6 is 0 Å². The maximum Gasteiger partial charge on any atom is 0.221 e. The van der Waals surface area contributed by atoms with Gasteiger partial charge in [0.25, 0.3) is 0 Å². The van der Waals surface area contributed by atoms with Crippen LogP contribution in [0.1, 0.15) is 15.9 Å². The molecule has 0 aliphatic rings. The molecule has 0 aliphatic carbocycles. The number of benzene rings is 2. The van der Waals surface area contributed by atoms with Crippen molar-refractivity contribution in [3.8, 4) is 5.88 Å². The van der Waals surface area contributed by atoms with Gasteiger partial charge in [-0.1, -0.05) is 18.2 Å². The van der Waals surface area contributed by atoms with Crippen LogP contribution < -0.4 is 10.5 Å². The Kier molecular flexibility index (Phi) is 4.06. The van der Waals surface area contributed by atoms with E-state index in [2.05, 4.69) is 4.98 Å². The normalized spacial score (nSPS) is 11.0. The molecule has 0 amide bonds. The number of methoxy groups -OCH3 is 1. The Balaban J connectivity index is 1.93. The highest BCUT2D eigenvalue weighted by atomic mass is 16.5. The molecule has 2 N–H and O–H groups in total. The van der Waals surface area contributed by atoms with Crippen molar-refractivity contribution in [1.29, 1.82) is 0 Å². The summed E-state index contributed by atoms with van der Waals surface area (Å²) in [5.74, 6) is 0.394. The van der Waals surface area contributed by atoms with Crippen LogP contribution in [0.5, 0.6) is 5.88 Å². The fourth-order valence-corrected chi connectivity index (χ4v) is 2.31. The fourth-order valence-electron chi connectivity index (χ4n) is 2.31. The molecular weight excluding hydrogens is 288 g/mol. The van der Waals surface area contributed by atoms with Crippen molar-refractivity contribution in [1.82, 2.24) is 4.98 Å². The standard InChI is InChI=1S/C19H16N2O2/c1-23-19-15(12-14-4-2-3-5-17(14)21-19)8-11-18(22)13-6-9-16(20)10-7-13/h2-12H,20H2,1H3. The van der Waals surface area contributed by atoms with Crippen LogP contribution in [-0.4, -0.2) is 17.9 Å². The third-order valence-corrected chi connectivity index (χ3v) is 3.52. The predicted molar refractivity (Wildman–Crippen MR) is 92.5 cm³/mol. The van der Waals surface area contributed by atoms with Gasteiger partial charge in [-0.25, -0.2) is 4.98 Å². The number of nitrogens with zero attached hydrogens (tertiary/aromatic N) is 1. The summed E-state index contributed by atoms with van der Waals surface area (Å²) in [7, 11) is 1.57. The molecule has 2 aromatic carbocycles. The summed E-state index contributed by atoms with van der Waals surface area (Å²) in [5.41, 5.74) is 8.46. The van der Waals surface area contributed by atoms with Crippen LogP contribution in [0.4, 0.5) is 5.69 Å². The van der Waals surface area contributed by atoms with Crippen molar-refractivity contribution >= 4 is 28.4 Å². The molecule has 0 unspecified atom stereocenters. The predicted octanol–water partition coefficient (Wildman–Crippen LogP) is 3.72. The van der Waals surface area contributed by atoms with Gasteiger partial charge in [-0.05, 0) is 48.6 Å². The van der Waals surface area contributed by atoms with Crippen LogP contribution in [-0.2, 0) is 0 Å². The van der Waals surface area contributed by atoms with E-state index >= 15 is 0 Å². The number of allylic oxidation sites excluding steroid dienone is 1. The second kappa shape index (κ2) is 6.32. The first-order chi connectivity index (χ1) is 11.2. The first-order valence-electron chi connectivity index (χ1n) is 7.19. The highest BCUT2D eigenvalue weighted by Crippen LogP contribution is 2.23. The topological polar surface area (TPSA) is 65.2 Å². The Labute approximate surface area is 134 Å². The molecule has 0 fully saturated rings. The van der Waals surface area contributed by atoms with Gasteiger partial charge >= 0.3 is 0 Å². The lowest BCUT2D eigenvalue weighted by Gasteiger charge is -2.06. The molecule has 1 aromatic heterocycles. The van der Waals surface area contributed by atoms with Crippen molar-refractivity contribution in [2.45, 2.75) is 0 Å². The smallest absolute Gasteiger partial charge is 0.221 e. The average Bonchev–Trinajstić information content (AvgIpc) is 2.59. The van der Waals surface area contributed by atoms with E-state index < -0.39 is 0 Å². The number of ketones is 1. The number of anilines is 1. The first-order valence-corrected chi connectivity index (χ1v) is 7.19. The number of hydrogen-bond acceptors (Lipinski definition) is 4. The lowest BCUT2D eigenvalue weighted by Crippen LogP contribution is -1.96. The number of para-hydroxylation sites is 1. The van der Waals surface area contributed by atoms with E-state index in [-0.39, 0.29) is 5.78 Å². The molecule has 4 heteroatoms. The third kappa shape index (κ3) is 3.21. The first kappa shape index (κ1) is 14.8. The summed E-state index contributed by atoms with van der Waals surface area (Å²) in [6.45, 7) is 0. The highest BCUT2D eigenvalue weighted by molar-refractivity contribution is 6.07. The highest BCUT2D eigenvalue weighted by Gasteiger charge is 2.06. The molecule has 3 aromatic rings. The van der Waals surface area contributed by atoms with Crippen molar-refractivity contribution < 1.29 is 9.53 Å². The maximum absolute atomic E-state index is 12.2. The molecule has 0 saturated carbocycles. The molecule has 4 nitrogen and oxygen atoms in total. The summed E-state index contributed by atoms with van der Waals surface area (Å²) < 4.78 is 5.32. The Bertz CT molecular complexity index is 884. The summed E-state index contributed by atoms with van der Waals surface area (Å²) in [6.07, 6.45) is 3.23. The second-order valence-electron chi connectivity index (χ2n) is 5.10. The largest absolute Gasteiger partial charge is 0.481 e. The monoisotopic (exact) mass is 304 g/mol. The van der Waals surface area contributed by atoms with E-state index in [0.717, 1.165) is 16.5 Å². The lowest BCUT2D eigenvalue weighted by molar-refractivity contribution is 0.104. The second-order valence-corrected chi connectivity index (χ2v) is 5.10. The van der Waals surface area contributed by atoms with Gasteiger partial charge in [0.1, 0.15) is 0 Å². The van der Waals surface area contributed by atoms with Crippen LogP contribution in [0.25, 0.3) is 17.0 Å². The summed E-state index contributed by atoms with van der Waals surface area (Å²) in [6, 6.07) is 16.5. The number of carbonyl (C=O) groups is 1. The van der Waals surface area contributed by atoms with Gasteiger partial charge in [0.05, 0.1) is 12.6 Å². The van der Waals surface area contributed by atoms with E-state index in [4.69, 9.17) is 10.5 Å². The zero-order valence-corrected chi connectivity index (χ0v) is 12.7. The minimum Gasteiger partial charge on any atom is -0.481 e. The maximum atomic E-state index is 12.2. The average molecular weight is 304 g/mol. The molecular formula is C19H16N2O2. The Morgan fingerprint density at radius 2 is 1.87 bits per heavy atom. The summed E-state index contributed by atoms with van der Waals surface area (Å²) >= 11 is 0. The van der Waals surface area contributed by atoms with Gasteiger partial charge in [-0.2, -0.15) is 0 Å². The van der Waals surface area contributed by atoms with Gasteiger partial charge in [0, 0.05) is 22.2 Å². The third-order valence-electron chi connectivity index (χ3n) is 3.52. The number of rotatable bonds is 4. The molecule has 0 radical (unpaired) electrons. The van der Waals surface area contributed by atoms with E-state index in [1.54, 1.807) is 37.5 Å². The molecule has 0 aliphatic heterocycles. The lowest BCUT2D eigenvalue weighted by atomic mass is 10.1. The fraction of sp³-hybridized carbons (Fsp3) is 0.0526. The quantitative estimate of drug-likeness (QED) is 0.453. The minimum atomic E-state index is -0.0970. The molecule has 0 saturated heterocycles. The number of aromatic nitrogens is 1. The van der Waals surface area contributed by atoms with Crippen LogP contribution in [0.2, 0.25) is 0 Å². The molecule has 0 atom stereocenters. The van der Waals surface area contributed by atoms with Crippen molar-refractivity contribution in [2.75, 3.05) is 12.8 Å². The number of pyridine rings is 1. The van der Waals surface area contributed by atoms with E-state index in [1.165, 1.54) is 6.08 Å². The molecule has 23 heavy (non-hydrogen) atoms. The van der Waals surface area contributed by atoms with Crippen LogP contribution in [0.3, 0.4) is 0 Å². The van der Waals surface area contributed by atoms with Gasteiger partial charge in [-0.15, -0.1) is 0 Å². The van der Waals surface area contributed by atoms with E-state index in [0.29, 0.717) is 17.1 Å². The molecule has 0 spiro atoms. The molecule has 0 bridgehead atoms. The molecule has 3 rings (SSSR count). The Morgan fingerprint density at radius 3 is 2.61 bits per heavy atom. The Hall–Kier alpha value is -3.14. The van der Waals surface area contributed by atoms with Crippen molar-refractivity contribution in [2.24, 2.45) is 0 Å². The number of nitrogen functional groups attached to an aromatic ring is 1. The number of nitrogens with two attached hydrogens (primary N) is 1. The minimum absolute atomic E-state index is 0.0970. The van der Waals surface area contributed by atoms with Crippen LogP contribution in [0, 0.1) is 0 Å². The number of ether oxygens (including phenoxy) is 1. The van der Waals surface area contributed by atoms with Gasteiger partial charge in [0.2, 0.25) is 5.88 Å². The van der Waals surface area contributed by atoms with Crippen molar-refractivity contribution in [3.63, 3.8) is 0 Å². The molecule has 114 valence electrons. The number of hydrogen-bond donors (Lipinski definition) is 1. The van der Waals surface area contributed by atoms with Crippen molar-refractivity contribution in [3.05, 3.63) is 71.8 Å². The summed E-state index contributed by atoms with van der Waals surface area (Å²) in [5, 5.41) is 0.993. The van der Waals surface area contributed by atoms with E-state index in [9.17, 15) is 4.79 Å². The molecule has 1 heterocycles. The number of fused-ring (bicyclic) bond motifs is 1. The zero-order chi connectivity index (χ0) is 16.2. The van der Waals surface area contributed by atoms with Gasteiger partial charge < -0.3 is 10.5 Å². The van der Waals surface area contributed by atoms with Crippen LogP contribution in [0.15, 0.2) is 60.7 Å². The number of carbonyl (C=O) groups excluding carboxylic acids is 1. The van der Waals surface area contributed by atoms with E-state index in [1.807, 2.05) is 30.3 Å². The summed E-state index contributed by atoms with van der Waals surface area (Å²) in [4.78, 5) is 16.7. The Morgan fingerprint density at radius 1 is 1.13 bits per heavy atom. The SMILES string of the molecule is COc1nc2ccccc2cc1C=CC(=O)c1ccc(N)cc1. The zero-order valence-electron chi connectivity index (χ0n) is 12.7. The van der Waals surface area contributed by atoms with Gasteiger partial charge in [-0.3, -0.25) is 4.79 Å².